The highest BCUT2D eigenvalue weighted by atomic mass is 16.5. The molecule has 3 aromatic heterocycles. The second-order valence-corrected chi connectivity index (χ2v) is 7.93. The fraction of sp³-hybridized carbons (Fsp3) is 0.333. The van der Waals surface area contributed by atoms with Crippen LogP contribution in [0.3, 0.4) is 0 Å². The van der Waals surface area contributed by atoms with E-state index in [4.69, 9.17) is 10.5 Å². The Morgan fingerprint density at radius 2 is 2.06 bits per heavy atom. The molecule has 5 N–H and O–H groups in total. The summed E-state index contributed by atoms with van der Waals surface area (Å²) in [4.78, 5) is 25.2. The minimum atomic E-state index is -1.22. The second kappa shape index (κ2) is 7.86. The molecule has 5 rings (SSSR count). The van der Waals surface area contributed by atoms with E-state index in [1.807, 2.05) is 35.9 Å². The van der Waals surface area contributed by atoms with Crippen LogP contribution in [0.2, 0.25) is 0 Å². The van der Waals surface area contributed by atoms with Crippen molar-refractivity contribution in [3.05, 3.63) is 48.7 Å². The molecule has 0 aliphatic carbocycles. The Bertz CT molecular complexity index is 1300. The van der Waals surface area contributed by atoms with E-state index in [2.05, 4.69) is 20.3 Å². The number of carbonyl (C=O) groups is 1. The van der Waals surface area contributed by atoms with Crippen molar-refractivity contribution in [2.75, 3.05) is 12.3 Å². The summed E-state index contributed by atoms with van der Waals surface area (Å²) >= 11 is 0. The number of carbonyl (C=O) groups excluding carboxylic acids is 1. The lowest BCUT2D eigenvalue weighted by atomic mass is 9.97. The number of benzene rings is 1. The lowest BCUT2D eigenvalue weighted by Crippen LogP contribution is -2.59. The fourth-order valence-corrected chi connectivity index (χ4v) is 4.17. The Labute approximate surface area is 182 Å². The van der Waals surface area contributed by atoms with Gasteiger partial charge in [-0.25, -0.2) is 15.0 Å². The molecule has 166 valence electrons. The van der Waals surface area contributed by atoms with Gasteiger partial charge in [0.25, 0.3) is 5.91 Å². The van der Waals surface area contributed by atoms with E-state index in [9.17, 15) is 15.0 Å². The van der Waals surface area contributed by atoms with E-state index in [1.54, 1.807) is 10.8 Å². The number of fused-ring (bicyclic) bond motifs is 2. The molecule has 11 heteroatoms. The number of para-hydroxylation sites is 1. The van der Waals surface area contributed by atoms with Crippen molar-refractivity contribution in [1.82, 2.24) is 29.4 Å². The number of rotatable bonds is 4. The lowest BCUT2D eigenvalue weighted by molar-refractivity contribution is -0.152. The Hall–Kier alpha value is -3.54. The number of ether oxygens (including phenoxy) is 1. The third-order valence-corrected chi connectivity index (χ3v) is 5.90. The predicted octanol–water partition coefficient (Wildman–Crippen LogP) is -0.181. The Balaban J connectivity index is 1.29. The molecule has 11 nitrogen and oxygen atoms in total. The highest BCUT2D eigenvalue weighted by Gasteiger charge is 2.39. The third kappa shape index (κ3) is 3.36. The van der Waals surface area contributed by atoms with E-state index < -0.39 is 24.4 Å². The van der Waals surface area contributed by atoms with Gasteiger partial charge in [-0.3, -0.25) is 4.79 Å². The summed E-state index contributed by atoms with van der Waals surface area (Å²) in [6, 6.07) is 6.81. The molecule has 0 radical (unpaired) electrons. The number of nitrogens with one attached hydrogen (secondary N) is 1. The molecule has 0 spiro atoms. The van der Waals surface area contributed by atoms with E-state index in [-0.39, 0.29) is 24.9 Å². The number of aromatic nitrogens is 5. The van der Waals surface area contributed by atoms with Crippen molar-refractivity contribution in [3.63, 3.8) is 0 Å². The SMILES string of the molecule is Cn1cc(C(=O)N[C@@H]2CO[C@H](Cn3cnc4c(N)ncnc43)[C@@H](O)[C@H]2O)c2ccccc21. The minimum absolute atomic E-state index is 0.0448. The highest BCUT2D eigenvalue weighted by molar-refractivity contribution is 6.07. The fourth-order valence-electron chi connectivity index (χ4n) is 4.17. The summed E-state index contributed by atoms with van der Waals surface area (Å²) in [7, 11) is 1.87. The minimum Gasteiger partial charge on any atom is -0.388 e. The maximum atomic E-state index is 12.9. The first kappa shape index (κ1) is 20.4. The van der Waals surface area contributed by atoms with Crippen molar-refractivity contribution < 1.29 is 19.7 Å². The number of hydrogen-bond donors (Lipinski definition) is 4. The molecule has 0 unspecified atom stereocenters. The molecule has 4 heterocycles. The molecule has 0 bridgehead atoms. The van der Waals surface area contributed by atoms with Gasteiger partial charge in [-0.1, -0.05) is 18.2 Å². The zero-order valence-corrected chi connectivity index (χ0v) is 17.3. The third-order valence-electron chi connectivity index (χ3n) is 5.90. The molecule has 0 saturated carbocycles. The predicted molar refractivity (Wildman–Crippen MR) is 116 cm³/mol. The number of amides is 1. The van der Waals surface area contributed by atoms with Crippen LogP contribution >= 0.6 is 0 Å². The van der Waals surface area contributed by atoms with Crippen LogP contribution in [0.4, 0.5) is 5.82 Å². The Kier molecular flexibility index (Phi) is 5.00. The summed E-state index contributed by atoms with van der Waals surface area (Å²) in [5, 5.41) is 25.0. The first-order valence-corrected chi connectivity index (χ1v) is 10.2. The smallest absolute Gasteiger partial charge is 0.253 e. The number of nitrogens with two attached hydrogens (primary N) is 1. The largest absolute Gasteiger partial charge is 0.388 e. The second-order valence-electron chi connectivity index (χ2n) is 7.93. The number of nitrogen functional groups attached to an aromatic ring is 1. The Morgan fingerprint density at radius 1 is 1.25 bits per heavy atom. The molecule has 4 aromatic rings. The molecule has 32 heavy (non-hydrogen) atoms. The summed E-state index contributed by atoms with van der Waals surface area (Å²) in [5.74, 6) is -0.0806. The summed E-state index contributed by atoms with van der Waals surface area (Å²) in [6.45, 7) is 0.248. The van der Waals surface area contributed by atoms with Crippen LogP contribution in [0.15, 0.2) is 43.1 Å². The summed E-state index contributed by atoms with van der Waals surface area (Å²) < 4.78 is 9.36. The van der Waals surface area contributed by atoms with Gasteiger partial charge in [0.2, 0.25) is 0 Å². The van der Waals surface area contributed by atoms with Crippen LogP contribution < -0.4 is 11.1 Å². The Morgan fingerprint density at radius 3 is 2.91 bits per heavy atom. The van der Waals surface area contributed by atoms with Crippen molar-refractivity contribution in [2.45, 2.75) is 30.9 Å². The van der Waals surface area contributed by atoms with Crippen LogP contribution in [-0.2, 0) is 18.3 Å². The van der Waals surface area contributed by atoms with E-state index >= 15 is 0 Å². The maximum absolute atomic E-state index is 12.9. The van der Waals surface area contributed by atoms with E-state index in [1.165, 1.54) is 12.7 Å². The van der Waals surface area contributed by atoms with Gasteiger partial charge in [-0.2, -0.15) is 0 Å². The zero-order chi connectivity index (χ0) is 22.4. The normalized spacial score (nSPS) is 23.6. The van der Waals surface area contributed by atoms with Gasteiger partial charge in [-0.05, 0) is 6.07 Å². The van der Waals surface area contributed by atoms with E-state index in [0.717, 1.165) is 10.9 Å². The number of imidazole rings is 1. The molecular formula is C21H23N7O4. The van der Waals surface area contributed by atoms with E-state index in [0.29, 0.717) is 16.7 Å². The average molecular weight is 437 g/mol. The van der Waals surface area contributed by atoms with Crippen LogP contribution in [-0.4, -0.2) is 71.2 Å². The monoisotopic (exact) mass is 437 g/mol. The molecule has 1 saturated heterocycles. The van der Waals surface area contributed by atoms with Gasteiger partial charge in [0.05, 0.1) is 31.1 Å². The molecule has 1 amide bonds. The van der Waals surface area contributed by atoms with Crippen LogP contribution in [0.1, 0.15) is 10.4 Å². The van der Waals surface area contributed by atoms with Gasteiger partial charge in [0, 0.05) is 24.1 Å². The van der Waals surface area contributed by atoms with Gasteiger partial charge in [0.15, 0.2) is 11.5 Å². The average Bonchev–Trinajstić information content (AvgIpc) is 3.36. The quantitative estimate of drug-likeness (QED) is 0.343. The first-order valence-electron chi connectivity index (χ1n) is 10.2. The summed E-state index contributed by atoms with van der Waals surface area (Å²) in [5.41, 5.74) is 8.20. The van der Waals surface area contributed by atoms with Gasteiger partial charge >= 0.3 is 0 Å². The molecule has 1 aliphatic rings. The molecule has 1 fully saturated rings. The van der Waals surface area contributed by atoms with Crippen LogP contribution in [0.25, 0.3) is 22.1 Å². The van der Waals surface area contributed by atoms with Crippen molar-refractivity contribution >= 4 is 33.8 Å². The van der Waals surface area contributed by atoms with Crippen molar-refractivity contribution in [1.29, 1.82) is 0 Å². The maximum Gasteiger partial charge on any atom is 0.253 e. The number of anilines is 1. The molecule has 1 aliphatic heterocycles. The topological polar surface area (TPSA) is 153 Å². The van der Waals surface area contributed by atoms with Crippen molar-refractivity contribution in [2.24, 2.45) is 7.05 Å². The number of aliphatic hydroxyl groups is 2. The molecular weight excluding hydrogens is 414 g/mol. The summed E-state index contributed by atoms with van der Waals surface area (Å²) in [6.07, 6.45) is 1.46. The zero-order valence-electron chi connectivity index (χ0n) is 17.3. The molecule has 4 atom stereocenters. The molecule has 1 aromatic carbocycles. The van der Waals surface area contributed by atoms with Gasteiger partial charge in [-0.15, -0.1) is 0 Å². The first-order chi connectivity index (χ1) is 15.4. The van der Waals surface area contributed by atoms with Gasteiger partial charge in [0.1, 0.15) is 30.2 Å². The van der Waals surface area contributed by atoms with Crippen LogP contribution in [0, 0.1) is 0 Å². The lowest BCUT2D eigenvalue weighted by Gasteiger charge is -2.38. The number of aliphatic hydroxyl groups excluding tert-OH is 2. The number of hydrogen-bond acceptors (Lipinski definition) is 8. The van der Waals surface area contributed by atoms with Crippen LogP contribution in [0.5, 0.6) is 0 Å². The van der Waals surface area contributed by atoms with Crippen molar-refractivity contribution in [3.8, 4) is 0 Å². The number of nitrogens with zero attached hydrogens (tertiary/aromatic N) is 5. The number of aryl methyl sites for hydroxylation is 1. The van der Waals surface area contributed by atoms with Gasteiger partial charge < -0.3 is 35.1 Å². The standard InChI is InChI=1S/C21H23N7O4/c1-27-6-12(11-4-2-3-5-14(11)27)21(31)26-13-8-32-15(18(30)17(13)29)7-28-10-25-16-19(22)23-9-24-20(16)28/h2-6,9-10,13,15,17-18,29-30H,7-8H2,1H3,(H,26,31)(H2,22,23,24)/t13-,15-,17+,18-/m1/s1. The highest BCUT2D eigenvalue weighted by Crippen LogP contribution is 2.23.